The van der Waals surface area contributed by atoms with Crippen LogP contribution in [0.2, 0.25) is 0 Å². The fraction of sp³-hybridized carbons (Fsp3) is 0.0833. The number of hydrogen-bond donors (Lipinski definition) is 1. The first-order chi connectivity index (χ1) is 15.6. The van der Waals surface area contributed by atoms with Crippen LogP contribution < -0.4 is 5.43 Å². The van der Waals surface area contributed by atoms with Crippen LogP contribution in [0.5, 0.6) is 0 Å². The van der Waals surface area contributed by atoms with E-state index in [-0.39, 0.29) is 11.7 Å². The maximum absolute atomic E-state index is 12.3. The van der Waals surface area contributed by atoms with Gasteiger partial charge in [-0.25, -0.2) is 5.43 Å². The molecule has 0 aliphatic carbocycles. The lowest BCUT2D eigenvalue weighted by Gasteiger charge is -2.10. The summed E-state index contributed by atoms with van der Waals surface area (Å²) in [6.07, 6.45) is 1.65. The third-order valence-corrected chi connectivity index (χ3v) is 6.12. The number of amides is 1. The summed E-state index contributed by atoms with van der Waals surface area (Å²) in [4.78, 5) is 12.3. The predicted octanol–water partition coefficient (Wildman–Crippen LogP) is 5.25. The molecule has 1 amide bonds. The second kappa shape index (κ2) is 10.4. The Morgan fingerprint density at radius 3 is 2.50 bits per heavy atom. The van der Waals surface area contributed by atoms with E-state index in [1.165, 1.54) is 11.8 Å². The minimum absolute atomic E-state index is 0.163. The number of nitrogens with zero attached hydrogens (tertiary/aromatic N) is 4. The van der Waals surface area contributed by atoms with Gasteiger partial charge in [0.15, 0.2) is 11.0 Å². The first kappa shape index (κ1) is 22.0. The third kappa shape index (κ3) is 5.33. The molecule has 0 aliphatic rings. The Balaban J connectivity index is 1.50. The molecule has 6 nitrogen and oxygen atoms in total. The monoisotopic (exact) mass is 505 g/mol. The number of halogens is 1. The van der Waals surface area contributed by atoms with E-state index >= 15 is 0 Å². The van der Waals surface area contributed by atoms with Crippen molar-refractivity contribution in [2.45, 2.75) is 12.1 Å². The minimum atomic E-state index is -0.215. The Labute approximate surface area is 198 Å². The number of hydrazone groups is 1. The van der Waals surface area contributed by atoms with Crippen LogP contribution in [0.15, 0.2) is 93.6 Å². The summed E-state index contributed by atoms with van der Waals surface area (Å²) in [7, 11) is 0. The predicted molar refractivity (Wildman–Crippen MR) is 132 cm³/mol. The summed E-state index contributed by atoms with van der Waals surface area (Å²) in [6, 6.07) is 25.6. The second-order valence-electron chi connectivity index (χ2n) is 6.92. The van der Waals surface area contributed by atoms with Crippen molar-refractivity contribution in [3.05, 3.63) is 94.5 Å². The van der Waals surface area contributed by atoms with Gasteiger partial charge in [-0.1, -0.05) is 82.3 Å². The molecule has 0 aliphatic heterocycles. The lowest BCUT2D eigenvalue weighted by Crippen LogP contribution is -2.20. The van der Waals surface area contributed by atoms with Crippen LogP contribution in [-0.2, 0) is 4.79 Å². The molecule has 160 valence electrons. The number of aryl methyl sites for hydroxylation is 1. The van der Waals surface area contributed by atoms with Crippen molar-refractivity contribution < 1.29 is 4.79 Å². The number of thioether (sulfide) groups is 1. The van der Waals surface area contributed by atoms with Crippen LogP contribution in [0.3, 0.4) is 0 Å². The molecular weight excluding hydrogens is 486 g/mol. The molecule has 4 aromatic rings. The summed E-state index contributed by atoms with van der Waals surface area (Å²) in [5.41, 5.74) is 6.50. The molecule has 8 heteroatoms. The molecule has 0 bridgehead atoms. The van der Waals surface area contributed by atoms with Gasteiger partial charge in [-0.05, 0) is 42.3 Å². The van der Waals surface area contributed by atoms with Crippen LogP contribution in [-0.4, -0.2) is 32.6 Å². The zero-order valence-corrected chi connectivity index (χ0v) is 19.7. The average molecular weight is 506 g/mol. The van der Waals surface area contributed by atoms with Gasteiger partial charge in [0.25, 0.3) is 5.91 Å². The highest BCUT2D eigenvalue weighted by Crippen LogP contribution is 2.28. The molecule has 0 fully saturated rings. The number of rotatable bonds is 7. The van der Waals surface area contributed by atoms with Crippen LogP contribution in [0, 0.1) is 6.92 Å². The summed E-state index contributed by atoms with van der Waals surface area (Å²) < 4.78 is 2.95. The molecule has 0 unspecified atom stereocenters. The Kier molecular flexibility index (Phi) is 7.14. The molecule has 0 atom stereocenters. The van der Waals surface area contributed by atoms with Gasteiger partial charge in [0.05, 0.1) is 12.0 Å². The number of para-hydroxylation sites is 1. The highest BCUT2D eigenvalue weighted by atomic mass is 79.9. The topological polar surface area (TPSA) is 72.2 Å². The van der Waals surface area contributed by atoms with Crippen molar-refractivity contribution in [3.63, 3.8) is 0 Å². The van der Waals surface area contributed by atoms with Crippen molar-refractivity contribution in [2.75, 3.05) is 5.75 Å². The maximum Gasteiger partial charge on any atom is 0.250 e. The Morgan fingerprint density at radius 2 is 1.75 bits per heavy atom. The van der Waals surface area contributed by atoms with Gasteiger partial charge >= 0.3 is 0 Å². The largest absolute Gasteiger partial charge is 0.272 e. The Hall–Kier alpha value is -3.23. The van der Waals surface area contributed by atoms with E-state index in [1.54, 1.807) is 6.21 Å². The second-order valence-corrected chi connectivity index (χ2v) is 8.78. The van der Waals surface area contributed by atoms with Crippen LogP contribution in [0.25, 0.3) is 17.1 Å². The lowest BCUT2D eigenvalue weighted by atomic mass is 10.1. The van der Waals surface area contributed by atoms with Gasteiger partial charge in [0.2, 0.25) is 0 Å². The summed E-state index contributed by atoms with van der Waals surface area (Å²) in [5.74, 6) is 0.660. The van der Waals surface area contributed by atoms with E-state index in [0.29, 0.717) is 11.0 Å². The quantitative estimate of drug-likeness (QED) is 0.211. The van der Waals surface area contributed by atoms with E-state index in [9.17, 15) is 4.79 Å². The number of carbonyl (C=O) groups excluding carboxylic acids is 1. The number of hydrogen-bond acceptors (Lipinski definition) is 5. The number of aromatic nitrogens is 3. The summed E-state index contributed by atoms with van der Waals surface area (Å²) in [6.45, 7) is 2.00. The zero-order valence-electron chi connectivity index (χ0n) is 17.3. The third-order valence-electron chi connectivity index (χ3n) is 4.66. The smallest absolute Gasteiger partial charge is 0.250 e. The summed E-state index contributed by atoms with van der Waals surface area (Å²) >= 11 is 4.78. The van der Waals surface area contributed by atoms with E-state index in [4.69, 9.17) is 0 Å². The Bertz CT molecular complexity index is 1240. The van der Waals surface area contributed by atoms with Crippen LogP contribution in [0.1, 0.15) is 11.1 Å². The van der Waals surface area contributed by atoms with Gasteiger partial charge in [-0.3, -0.25) is 9.36 Å². The number of carbonyl (C=O) groups is 1. The highest BCUT2D eigenvalue weighted by molar-refractivity contribution is 9.10. The molecule has 1 heterocycles. The van der Waals surface area contributed by atoms with E-state index in [2.05, 4.69) is 36.7 Å². The molecule has 0 saturated carbocycles. The fourth-order valence-corrected chi connectivity index (χ4v) is 4.04. The van der Waals surface area contributed by atoms with Gasteiger partial charge in [-0.15, -0.1) is 10.2 Å². The normalized spacial score (nSPS) is 11.1. The molecule has 32 heavy (non-hydrogen) atoms. The molecule has 0 radical (unpaired) electrons. The lowest BCUT2D eigenvalue weighted by molar-refractivity contribution is -0.118. The molecule has 1 N–H and O–H groups in total. The fourth-order valence-electron chi connectivity index (χ4n) is 3.03. The van der Waals surface area contributed by atoms with Crippen LogP contribution in [0.4, 0.5) is 0 Å². The van der Waals surface area contributed by atoms with Crippen molar-refractivity contribution in [1.82, 2.24) is 20.2 Å². The summed E-state index contributed by atoms with van der Waals surface area (Å²) in [5, 5.41) is 13.4. The molecule has 0 spiro atoms. The number of benzene rings is 3. The first-order valence-electron chi connectivity index (χ1n) is 9.89. The van der Waals surface area contributed by atoms with Crippen molar-refractivity contribution in [2.24, 2.45) is 5.10 Å². The van der Waals surface area contributed by atoms with Crippen molar-refractivity contribution in [1.29, 1.82) is 0 Å². The standard InChI is InChI=1S/C24H20BrN5OS/c1-17-7-5-6-8-19(17)15-26-27-22(31)16-32-24-29-28-23(18-11-13-20(25)14-12-18)30(24)21-9-3-2-4-10-21/h2-15H,16H2,1H3,(H,27,31). The van der Waals surface area contributed by atoms with E-state index in [0.717, 1.165) is 26.9 Å². The average Bonchev–Trinajstić information content (AvgIpc) is 3.24. The maximum atomic E-state index is 12.3. The van der Waals surface area contributed by atoms with Crippen molar-refractivity contribution >= 4 is 39.8 Å². The molecule has 3 aromatic carbocycles. The first-order valence-corrected chi connectivity index (χ1v) is 11.7. The Morgan fingerprint density at radius 1 is 1.03 bits per heavy atom. The SMILES string of the molecule is Cc1ccccc1C=NNC(=O)CSc1nnc(-c2ccc(Br)cc2)n1-c1ccccc1. The van der Waals surface area contributed by atoms with Crippen LogP contribution >= 0.6 is 27.7 Å². The molecule has 4 rings (SSSR count). The minimum Gasteiger partial charge on any atom is -0.272 e. The van der Waals surface area contributed by atoms with Gasteiger partial charge in [0.1, 0.15) is 0 Å². The molecule has 0 saturated heterocycles. The van der Waals surface area contributed by atoms with Gasteiger partial charge in [-0.2, -0.15) is 5.10 Å². The number of nitrogens with one attached hydrogen (secondary N) is 1. The zero-order chi connectivity index (χ0) is 22.3. The molecule has 1 aromatic heterocycles. The van der Waals surface area contributed by atoms with Gasteiger partial charge < -0.3 is 0 Å². The van der Waals surface area contributed by atoms with Crippen molar-refractivity contribution in [3.8, 4) is 17.1 Å². The van der Waals surface area contributed by atoms with Gasteiger partial charge in [0, 0.05) is 15.7 Å². The van der Waals surface area contributed by atoms with E-state index in [1.807, 2.05) is 90.4 Å². The highest BCUT2D eigenvalue weighted by Gasteiger charge is 2.17. The molecular formula is C24H20BrN5OS. The van der Waals surface area contributed by atoms with E-state index < -0.39 is 0 Å².